The molecule has 0 fully saturated rings. The summed E-state index contributed by atoms with van der Waals surface area (Å²) in [6.07, 6.45) is 3.12. The molecule has 6 aromatic carbocycles. The molecule has 55 heavy (non-hydrogen) atoms. The van der Waals surface area contributed by atoms with E-state index in [0.717, 1.165) is 43.6 Å². The van der Waals surface area contributed by atoms with Gasteiger partial charge < -0.3 is 14.4 Å². The predicted octanol–water partition coefficient (Wildman–Crippen LogP) is 13.1. The van der Waals surface area contributed by atoms with Crippen molar-refractivity contribution in [2.45, 2.75) is 46.7 Å². The molecule has 5 heteroatoms. The van der Waals surface area contributed by atoms with Crippen LogP contribution in [-0.2, 0) is 25.5 Å². The van der Waals surface area contributed by atoms with Crippen LogP contribution in [0.25, 0.3) is 77.1 Å². The maximum absolute atomic E-state index is 9.39. The van der Waals surface area contributed by atoms with Crippen LogP contribution >= 0.6 is 0 Å². The zero-order valence-electron chi connectivity index (χ0n) is 39.2. The molecule has 3 aromatic heterocycles. The van der Waals surface area contributed by atoms with E-state index in [1.807, 2.05) is 48.7 Å². The predicted molar refractivity (Wildman–Crippen MR) is 222 cm³/mol. The van der Waals surface area contributed by atoms with Crippen molar-refractivity contribution < 1.29 is 36.9 Å². The summed E-state index contributed by atoms with van der Waals surface area (Å²) in [5, 5.41) is 15.5. The Bertz CT molecular complexity index is 3180. The van der Waals surface area contributed by atoms with Gasteiger partial charge in [0.15, 0.2) is 0 Å². The van der Waals surface area contributed by atoms with Gasteiger partial charge in [-0.05, 0) is 104 Å². The number of hydrogen-bond donors (Lipinski definition) is 0. The van der Waals surface area contributed by atoms with Crippen molar-refractivity contribution in [2.24, 2.45) is 0 Å². The number of nitriles is 1. The van der Waals surface area contributed by atoms with Crippen LogP contribution in [0.2, 0.25) is 0 Å². The first kappa shape index (κ1) is 27.6. The zero-order chi connectivity index (χ0) is 45.1. The van der Waals surface area contributed by atoms with Gasteiger partial charge in [0.25, 0.3) is 0 Å². The first-order valence-corrected chi connectivity index (χ1v) is 17.4. The van der Waals surface area contributed by atoms with Crippen molar-refractivity contribution in [3.05, 3.63) is 168 Å². The van der Waals surface area contributed by atoms with E-state index in [4.69, 9.17) is 16.8 Å². The molecular formula is C50H39IrN3O-2. The third-order valence-corrected chi connectivity index (χ3v) is 9.61. The van der Waals surface area contributed by atoms with Crippen LogP contribution in [-0.4, -0.2) is 9.97 Å². The molecule has 0 aliphatic carbocycles. The van der Waals surface area contributed by atoms with Crippen molar-refractivity contribution in [3.63, 3.8) is 0 Å². The summed E-state index contributed by atoms with van der Waals surface area (Å²) in [5.74, 6) is 0. The minimum Gasteiger partial charge on any atom is -0.501 e. The van der Waals surface area contributed by atoms with Gasteiger partial charge in [0.1, 0.15) is 5.58 Å². The van der Waals surface area contributed by atoms with E-state index in [9.17, 15) is 5.26 Å². The van der Waals surface area contributed by atoms with Gasteiger partial charge in [-0.25, -0.2) is 0 Å². The average Bonchev–Trinajstić information content (AvgIpc) is 3.62. The molecule has 0 spiro atoms. The quantitative estimate of drug-likeness (QED) is 0.131. The van der Waals surface area contributed by atoms with Crippen molar-refractivity contribution in [3.8, 4) is 39.7 Å². The normalized spacial score (nSPS) is 14.4. The van der Waals surface area contributed by atoms with E-state index < -0.39 is 20.6 Å². The number of aryl methyl sites for hydroxylation is 3. The Morgan fingerprint density at radius 2 is 1.53 bits per heavy atom. The Morgan fingerprint density at radius 3 is 2.27 bits per heavy atom. The van der Waals surface area contributed by atoms with E-state index in [1.54, 1.807) is 24.3 Å². The molecule has 0 bridgehead atoms. The summed E-state index contributed by atoms with van der Waals surface area (Å²) in [5.41, 5.74) is 5.61. The van der Waals surface area contributed by atoms with Crippen LogP contribution < -0.4 is 0 Å². The molecule has 0 N–H and O–H groups in total. The number of nitrogens with zero attached hydrogens (tertiary/aromatic N) is 3. The minimum atomic E-state index is -2.59. The van der Waals surface area contributed by atoms with Crippen molar-refractivity contribution >= 4 is 43.5 Å². The molecular weight excluding hydrogens is 851 g/mol. The number of benzene rings is 6. The largest absolute Gasteiger partial charge is 0.501 e. The van der Waals surface area contributed by atoms with E-state index in [2.05, 4.69) is 73.2 Å². The maximum Gasteiger partial charge on any atom is 0.121 e. The number of rotatable bonds is 3. The molecule has 1 radical (unpaired) electrons. The van der Waals surface area contributed by atoms with Gasteiger partial charge in [0.05, 0.1) is 17.2 Å². The second kappa shape index (κ2) is 15.1. The van der Waals surface area contributed by atoms with Gasteiger partial charge in [0.2, 0.25) is 0 Å². The molecule has 0 atom stereocenters. The topological polar surface area (TPSA) is 62.7 Å². The van der Waals surface area contributed by atoms with Crippen molar-refractivity contribution in [1.29, 1.82) is 5.26 Å². The monoisotopic (exact) mass is 899 g/mol. The Labute approximate surface area is 348 Å². The molecule has 9 aromatic rings. The van der Waals surface area contributed by atoms with Crippen molar-refractivity contribution in [1.82, 2.24) is 9.97 Å². The van der Waals surface area contributed by atoms with Gasteiger partial charge in [-0.2, -0.15) is 5.26 Å². The summed E-state index contributed by atoms with van der Waals surface area (Å²) in [6, 6.07) is 43.0. The number of fused-ring (bicyclic) bond motifs is 6. The molecule has 0 unspecified atom stereocenters. The van der Waals surface area contributed by atoms with Crippen LogP contribution in [0.1, 0.15) is 60.9 Å². The zero-order valence-corrected chi connectivity index (χ0v) is 32.6. The Balaban J connectivity index is 0.000000246. The van der Waals surface area contributed by atoms with Gasteiger partial charge in [-0.3, -0.25) is 0 Å². The second-order valence-electron chi connectivity index (χ2n) is 14.2. The first-order valence-electron chi connectivity index (χ1n) is 21.9. The molecule has 0 aliphatic heterocycles. The van der Waals surface area contributed by atoms with Gasteiger partial charge in [0, 0.05) is 50.2 Å². The van der Waals surface area contributed by atoms with E-state index in [0.29, 0.717) is 28.0 Å². The molecule has 0 saturated heterocycles. The van der Waals surface area contributed by atoms with E-state index in [-0.39, 0.29) is 53.3 Å². The second-order valence-corrected chi connectivity index (χ2v) is 14.2. The van der Waals surface area contributed by atoms with Crippen LogP contribution in [0, 0.1) is 44.0 Å². The van der Waals surface area contributed by atoms with Gasteiger partial charge in [-0.1, -0.05) is 99.2 Å². The summed E-state index contributed by atoms with van der Waals surface area (Å²) in [4.78, 5) is 8.93. The van der Waals surface area contributed by atoms with E-state index >= 15 is 0 Å². The number of aromatic nitrogens is 2. The Morgan fingerprint density at radius 1 is 0.691 bits per heavy atom. The third kappa shape index (κ3) is 7.32. The van der Waals surface area contributed by atoms with Crippen LogP contribution in [0.4, 0.5) is 0 Å². The smallest absolute Gasteiger partial charge is 0.121 e. The number of furan rings is 1. The molecule has 9 rings (SSSR count). The average molecular weight is 899 g/mol. The minimum absolute atomic E-state index is 0. The Hall–Kier alpha value is -5.92. The molecule has 0 amide bonds. The molecule has 4 nitrogen and oxygen atoms in total. The van der Waals surface area contributed by atoms with Gasteiger partial charge >= 0.3 is 0 Å². The fourth-order valence-corrected chi connectivity index (χ4v) is 6.68. The fourth-order valence-electron chi connectivity index (χ4n) is 6.68. The molecule has 0 saturated carbocycles. The Kier molecular flexibility index (Phi) is 7.57. The molecule has 271 valence electrons. The van der Waals surface area contributed by atoms with Crippen molar-refractivity contribution in [2.75, 3.05) is 0 Å². The summed E-state index contributed by atoms with van der Waals surface area (Å²) >= 11 is 0. The number of pyridine rings is 2. The van der Waals surface area contributed by atoms with E-state index in [1.165, 1.54) is 36.0 Å². The SMILES string of the molecule is [2H]C([2H])([2H])c1c[c-]c(-c2ccc(C(C)(C)C)cn2)cc1.[2H]C([2H])([2H])c1cnc(-c2[c-]ccc3c2oc2cc4c(ccc5ccccc54)cc23)cc1-c1ccc(C#N)cc1C([2H])([2H])[2H].[Ir]. The van der Waals surface area contributed by atoms with Gasteiger partial charge in [-0.15, -0.1) is 53.6 Å². The first-order chi connectivity index (χ1) is 29.7. The summed E-state index contributed by atoms with van der Waals surface area (Å²) in [7, 11) is 0. The molecule has 3 heterocycles. The maximum atomic E-state index is 9.39. The standard InChI is InChI=1S/C34H21N2O.C16H18N.Ir/c1-20-14-22(18-35)10-13-25(20)29-16-32(36-19-21(29)2)28-9-5-8-27-31-15-24-12-11-23-6-3-4-7-26(23)30(24)17-33(31)37-34(27)28;1-12-5-7-13(8-6-12)15-10-9-14(11-17-15)16(2,3)4;/h3-8,10-17,19H,1-2H3;5-7,9-11H,1-4H3;/q2*-1;/i1D3,2D3;1D3;. The van der Waals surface area contributed by atoms with Crippen LogP contribution in [0.15, 0.2) is 132 Å². The third-order valence-electron chi connectivity index (χ3n) is 9.61. The summed E-state index contributed by atoms with van der Waals surface area (Å²) < 4.78 is 77.2. The van der Waals surface area contributed by atoms with Crippen LogP contribution in [0.5, 0.6) is 0 Å². The molecule has 0 aliphatic rings. The summed E-state index contributed by atoms with van der Waals surface area (Å²) in [6.45, 7) is -0.825. The number of hydrogen-bond acceptors (Lipinski definition) is 4. The fraction of sp³-hybridized carbons (Fsp3) is 0.140. The van der Waals surface area contributed by atoms with Crippen LogP contribution in [0.3, 0.4) is 0 Å².